The molecule has 0 saturated carbocycles. The van der Waals surface area contributed by atoms with E-state index < -0.39 is 29.4 Å². The number of methoxy groups -OCH3 is 1. The van der Waals surface area contributed by atoms with Gasteiger partial charge in [0.15, 0.2) is 0 Å². The molecule has 3 amide bonds. The van der Waals surface area contributed by atoms with Crippen molar-refractivity contribution in [3.05, 3.63) is 45.6 Å². The number of benzene rings is 1. The fourth-order valence-electron chi connectivity index (χ4n) is 1.84. The molecule has 22 heavy (non-hydrogen) atoms. The Morgan fingerprint density at radius 2 is 2.09 bits per heavy atom. The maximum absolute atomic E-state index is 12.0. The largest absolute Gasteiger partial charge is 0.468 e. The summed E-state index contributed by atoms with van der Waals surface area (Å²) in [6.07, 6.45) is 1.19. The smallest absolute Gasteiger partial charge is 0.329 e. The van der Waals surface area contributed by atoms with Gasteiger partial charge in [-0.2, -0.15) is 0 Å². The summed E-state index contributed by atoms with van der Waals surface area (Å²) in [7, 11) is 1.13. The minimum absolute atomic E-state index is 0.150. The topological polar surface area (TPSA) is 119 Å². The maximum atomic E-state index is 12.0. The van der Waals surface area contributed by atoms with Gasteiger partial charge in [-0.15, -0.1) is 0 Å². The Labute approximate surface area is 124 Å². The van der Waals surface area contributed by atoms with E-state index in [1.165, 1.54) is 24.3 Å². The summed E-state index contributed by atoms with van der Waals surface area (Å²) in [5, 5.41) is 13.2. The summed E-state index contributed by atoms with van der Waals surface area (Å²) in [4.78, 5) is 45.9. The van der Waals surface area contributed by atoms with Gasteiger partial charge in [-0.25, -0.2) is 9.69 Å². The Balaban J connectivity index is 2.31. The number of urea groups is 1. The number of carbonyl (C=O) groups excluding carboxylic acids is 3. The Morgan fingerprint density at radius 3 is 2.73 bits per heavy atom. The Kier molecular flexibility index (Phi) is 4.16. The van der Waals surface area contributed by atoms with Crippen molar-refractivity contribution in [3.63, 3.8) is 0 Å². The number of esters is 1. The molecule has 0 spiro atoms. The average molecular weight is 305 g/mol. The first-order valence-corrected chi connectivity index (χ1v) is 6.09. The molecule has 0 radical (unpaired) electrons. The molecule has 1 aromatic carbocycles. The van der Waals surface area contributed by atoms with E-state index >= 15 is 0 Å². The highest BCUT2D eigenvalue weighted by molar-refractivity contribution is 6.15. The van der Waals surface area contributed by atoms with Gasteiger partial charge >= 0.3 is 12.0 Å². The molecule has 0 atom stereocenters. The van der Waals surface area contributed by atoms with Crippen molar-refractivity contribution in [3.8, 4) is 0 Å². The van der Waals surface area contributed by atoms with Crippen LogP contribution in [0.1, 0.15) is 5.56 Å². The second-order valence-corrected chi connectivity index (χ2v) is 4.27. The van der Waals surface area contributed by atoms with Crippen molar-refractivity contribution in [2.24, 2.45) is 0 Å². The fraction of sp³-hybridized carbons (Fsp3) is 0.154. The highest BCUT2D eigenvalue weighted by Crippen LogP contribution is 2.22. The third kappa shape index (κ3) is 2.92. The molecule has 1 fully saturated rings. The number of nitrogens with zero attached hydrogens (tertiary/aromatic N) is 2. The lowest BCUT2D eigenvalue weighted by Gasteiger charge is -2.08. The van der Waals surface area contributed by atoms with E-state index in [1.807, 2.05) is 0 Å². The predicted octanol–water partition coefficient (Wildman–Crippen LogP) is 0.660. The Bertz CT molecular complexity index is 697. The number of nitrogens with one attached hydrogen (secondary N) is 1. The Morgan fingerprint density at radius 1 is 1.41 bits per heavy atom. The third-order valence-electron chi connectivity index (χ3n) is 2.91. The molecule has 9 nitrogen and oxygen atoms in total. The lowest BCUT2D eigenvalue weighted by atomic mass is 10.1. The zero-order valence-electron chi connectivity index (χ0n) is 11.4. The zero-order valence-corrected chi connectivity index (χ0v) is 11.4. The molecule has 0 aliphatic carbocycles. The normalized spacial score (nSPS) is 15.9. The molecular formula is C13H11N3O6. The summed E-state index contributed by atoms with van der Waals surface area (Å²) in [5.74, 6) is -1.51. The van der Waals surface area contributed by atoms with Crippen molar-refractivity contribution < 1.29 is 24.0 Å². The van der Waals surface area contributed by atoms with Crippen molar-refractivity contribution in [1.82, 2.24) is 10.2 Å². The van der Waals surface area contributed by atoms with Gasteiger partial charge in [-0.05, 0) is 12.1 Å². The van der Waals surface area contributed by atoms with Crippen LogP contribution in [0.25, 0.3) is 6.08 Å². The molecule has 1 aliphatic rings. The molecule has 9 heteroatoms. The predicted molar refractivity (Wildman–Crippen MR) is 73.3 cm³/mol. The van der Waals surface area contributed by atoms with Crippen molar-refractivity contribution in [2.75, 3.05) is 13.7 Å². The van der Waals surface area contributed by atoms with E-state index in [2.05, 4.69) is 10.1 Å². The van der Waals surface area contributed by atoms with Crippen LogP contribution in [-0.2, 0) is 14.3 Å². The molecule has 0 unspecified atom stereocenters. The molecule has 1 aromatic rings. The molecule has 1 saturated heterocycles. The van der Waals surface area contributed by atoms with Crippen LogP contribution in [0.4, 0.5) is 10.5 Å². The lowest BCUT2D eigenvalue weighted by Crippen LogP contribution is -2.36. The van der Waals surface area contributed by atoms with Gasteiger partial charge in [0.05, 0.1) is 17.6 Å². The average Bonchev–Trinajstić information content (AvgIpc) is 2.75. The van der Waals surface area contributed by atoms with Crippen LogP contribution >= 0.6 is 0 Å². The molecule has 114 valence electrons. The lowest BCUT2D eigenvalue weighted by molar-refractivity contribution is -0.385. The van der Waals surface area contributed by atoms with Crippen LogP contribution in [0.5, 0.6) is 0 Å². The summed E-state index contributed by atoms with van der Waals surface area (Å²) < 4.78 is 4.39. The summed E-state index contributed by atoms with van der Waals surface area (Å²) >= 11 is 0. The minimum atomic E-state index is -0.791. The molecule has 0 aromatic heterocycles. The van der Waals surface area contributed by atoms with E-state index in [4.69, 9.17) is 0 Å². The summed E-state index contributed by atoms with van der Waals surface area (Å²) in [5.41, 5.74) is -0.192. The van der Waals surface area contributed by atoms with E-state index in [-0.39, 0.29) is 16.9 Å². The fourth-order valence-corrected chi connectivity index (χ4v) is 1.84. The monoisotopic (exact) mass is 305 g/mol. The van der Waals surface area contributed by atoms with Gasteiger partial charge in [-0.1, -0.05) is 12.1 Å². The molecular weight excluding hydrogens is 294 g/mol. The number of rotatable bonds is 4. The molecule has 1 heterocycles. The van der Waals surface area contributed by atoms with E-state index in [9.17, 15) is 24.5 Å². The van der Waals surface area contributed by atoms with E-state index in [1.54, 1.807) is 6.07 Å². The van der Waals surface area contributed by atoms with Crippen LogP contribution in [0.15, 0.2) is 30.0 Å². The SMILES string of the molecule is COC(=O)CN1C(=O)N/C(=C/c2ccccc2[N+](=O)[O-])C1=O. The number of nitro benzene ring substituents is 1. The second-order valence-electron chi connectivity index (χ2n) is 4.27. The first-order chi connectivity index (χ1) is 10.4. The molecule has 0 bridgehead atoms. The number of amides is 3. The number of carbonyl (C=O) groups is 3. The molecule has 1 aliphatic heterocycles. The minimum Gasteiger partial charge on any atom is -0.468 e. The number of hydrogen-bond acceptors (Lipinski definition) is 6. The van der Waals surface area contributed by atoms with Gasteiger partial charge < -0.3 is 10.1 Å². The molecule has 2 rings (SSSR count). The van der Waals surface area contributed by atoms with Gasteiger partial charge in [0.1, 0.15) is 12.2 Å². The number of para-hydroxylation sites is 1. The van der Waals surface area contributed by atoms with Crippen LogP contribution in [0, 0.1) is 10.1 Å². The van der Waals surface area contributed by atoms with Crippen molar-refractivity contribution in [1.29, 1.82) is 0 Å². The number of hydrogen-bond donors (Lipinski definition) is 1. The number of ether oxygens (including phenoxy) is 1. The number of nitro groups is 1. The first-order valence-electron chi connectivity index (χ1n) is 6.09. The summed E-state index contributed by atoms with van der Waals surface area (Å²) in [6.45, 7) is -0.532. The van der Waals surface area contributed by atoms with Crippen molar-refractivity contribution >= 4 is 29.7 Å². The van der Waals surface area contributed by atoms with Gasteiger partial charge in [0.25, 0.3) is 11.6 Å². The third-order valence-corrected chi connectivity index (χ3v) is 2.91. The molecule has 1 N–H and O–H groups in total. The zero-order chi connectivity index (χ0) is 16.3. The highest BCUT2D eigenvalue weighted by Gasteiger charge is 2.35. The van der Waals surface area contributed by atoms with Crippen LogP contribution < -0.4 is 5.32 Å². The van der Waals surface area contributed by atoms with Crippen molar-refractivity contribution in [2.45, 2.75) is 0 Å². The van der Waals surface area contributed by atoms with Crippen LogP contribution in [0.2, 0.25) is 0 Å². The Hall–Kier alpha value is -3.23. The van der Waals surface area contributed by atoms with Gasteiger partial charge in [0, 0.05) is 6.07 Å². The van der Waals surface area contributed by atoms with Gasteiger partial charge in [-0.3, -0.25) is 19.7 Å². The first kappa shape index (κ1) is 15.2. The highest BCUT2D eigenvalue weighted by atomic mass is 16.6. The second kappa shape index (κ2) is 6.04. The van der Waals surface area contributed by atoms with Crippen LogP contribution in [0.3, 0.4) is 0 Å². The van der Waals surface area contributed by atoms with E-state index in [0.29, 0.717) is 4.90 Å². The van der Waals surface area contributed by atoms with Crippen LogP contribution in [-0.4, -0.2) is 41.4 Å². The summed E-state index contributed by atoms with van der Waals surface area (Å²) in [6, 6.07) is 4.97. The quantitative estimate of drug-likeness (QED) is 0.287. The number of imide groups is 1. The maximum Gasteiger partial charge on any atom is 0.329 e. The standard InChI is InChI=1S/C13H11N3O6/c1-22-11(17)7-15-12(18)9(14-13(15)19)6-8-4-2-3-5-10(8)16(20)21/h2-6H,7H2,1H3,(H,14,19)/b9-6+. The van der Waals surface area contributed by atoms with E-state index in [0.717, 1.165) is 7.11 Å². The van der Waals surface area contributed by atoms with Gasteiger partial charge in [0.2, 0.25) is 0 Å².